The summed E-state index contributed by atoms with van der Waals surface area (Å²) in [6.45, 7) is 1.00. The van der Waals surface area contributed by atoms with Gasteiger partial charge in [-0.25, -0.2) is 0 Å². The Kier molecular flexibility index (Phi) is 5.11. The normalized spacial score (nSPS) is 9.50. The molecule has 50 valence electrons. The van der Waals surface area contributed by atoms with E-state index in [1.165, 1.54) is 5.56 Å². The summed E-state index contributed by atoms with van der Waals surface area (Å²) in [7, 11) is 4.12. The van der Waals surface area contributed by atoms with Gasteiger partial charge in [0.2, 0.25) is 0 Å². The maximum Gasteiger partial charge on any atom is 1.00 e. The Morgan fingerprint density at radius 3 is 2.70 bits per heavy atom. The third-order valence-electron chi connectivity index (χ3n) is 1.01. The van der Waals surface area contributed by atoms with Crippen molar-refractivity contribution in [3.05, 3.63) is 22.4 Å². The average molecular weight is 147 g/mol. The van der Waals surface area contributed by atoms with E-state index in [2.05, 4.69) is 35.8 Å². The fourth-order valence-corrected chi connectivity index (χ4v) is 1.27. The molecule has 0 aromatic carbocycles. The van der Waals surface area contributed by atoms with Gasteiger partial charge in [-0.15, -0.1) is 10.9 Å². The van der Waals surface area contributed by atoms with Gasteiger partial charge in [0.1, 0.15) is 0 Å². The van der Waals surface area contributed by atoms with E-state index in [4.69, 9.17) is 0 Å². The first-order valence-corrected chi connectivity index (χ1v) is 3.76. The van der Waals surface area contributed by atoms with Crippen LogP contribution in [-0.2, 0) is 6.54 Å². The van der Waals surface area contributed by atoms with Crippen LogP contribution in [0.5, 0.6) is 0 Å². The molecule has 1 heterocycles. The Hall–Kier alpha value is 0.257. The van der Waals surface area contributed by atoms with Gasteiger partial charge in [-0.1, -0.05) is 0 Å². The molecule has 10 heavy (non-hydrogen) atoms. The smallest absolute Gasteiger partial charge is 0.307 e. The second-order valence-corrected chi connectivity index (χ2v) is 3.00. The van der Waals surface area contributed by atoms with E-state index in [9.17, 15) is 0 Å². The minimum atomic E-state index is 0. The van der Waals surface area contributed by atoms with Gasteiger partial charge < -0.3 is 16.2 Å². The van der Waals surface area contributed by atoms with Gasteiger partial charge in [0.25, 0.3) is 0 Å². The molecule has 0 saturated carbocycles. The van der Waals surface area contributed by atoms with Crippen LogP contribution in [0.4, 0.5) is 0 Å². The maximum atomic E-state index is 3.17. The number of thiophene rings is 1. The van der Waals surface area contributed by atoms with Gasteiger partial charge >= 0.3 is 18.9 Å². The Bertz CT molecular complexity index is 160. The molecule has 1 aromatic heterocycles. The molecule has 0 aliphatic heterocycles. The van der Waals surface area contributed by atoms with Crippen LogP contribution < -0.4 is 18.9 Å². The van der Waals surface area contributed by atoms with Crippen LogP contribution in [0, 0.1) is 5.38 Å². The van der Waals surface area contributed by atoms with Gasteiger partial charge in [-0.05, 0) is 20.6 Å². The Morgan fingerprint density at radius 2 is 2.30 bits per heavy atom. The fourth-order valence-electron chi connectivity index (χ4n) is 0.686. The Morgan fingerprint density at radius 1 is 1.60 bits per heavy atom. The van der Waals surface area contributed by atoms with Gasteiger partial charge in [-0.2, -0.15) is 11.4 Å². The number of nitrogens with zero attached hydrogens (tertiary/aromatic N) is 1. The first-order valence-electron chi connectivity index (χ1n) is 2.88. The zero-order valence-electron chi connectivity index (χ0n) is 6.72. The molecule has 0 amide bonds. The van der Waals surface area contributed by atoms with Crippen molar-refractivity contribution < 1.29 is 18.9 Å². The summed E-state index contributed by atoms with van der Waals surface area (Å²) in [6, 6.07) is 2.10. The minimum Gasteiger partial charge on any atom is -0.307 e. The Balaban J connectivity index is 0.000000810. The van der Waals surface area contributed by atoms with Gasteiger partial charge in [0.15, 0.2) is 0 Å². The van der Waals surface area contributed by atoms with Crippen molar-refractivity contribution in [2.75, 3.05) is 14.1 Å². The van der Waals surface area contributed by atoms with Crippen LogP contribution in [0.3, 0.4) is 0 Å². The quantitative estimate of drug-likeness (QED) is 0.368. The van der Waals surface area contributed by atoms with Gasteiger partial charge in [0, 0.05) is 0 Å². The molecule has 0 spiro atoms. The van der Waals surface area contributed by atoms with Crippen molar-refractivity contribution in [1.29, 1.82) is 0 Å². The van der Waals surface area contributed by atoms with Crippen molar-refractivity contribution in [2.24, 2.45) is 0 Å². The molecule has 0 aliphatic rings. The molecule has 3 heteroatoms. The molecule has 0 saturated heterocycles. The van der Waals surface area contributed by atoms with E-state index in [-0.39, 0.29) is 18.9 Å². The van der Waals surface area contributed by atoms with Crippen molar-refractivity contribution >= 4 is 11.3 Å². The molecular weight excluding hydrogens is 137 g/mol. The van der Waals surface area contributed by atoms with E-state index in [1.54, 1.807) is 11.3 Å². The number of hydrogen-bond acceptors (Lipinski definition) is 2. The number of rotatable bonds is 2. The zero-order chi connectivity index (χ0) is 6.69. The molecule has 0 N–H and O–H groups in total. The second-order valence-electron chi connectivity index (χ2n) is 2.29. The van der Waals surface area contributed by atoms with E-state index in [1.807, 2.05) is 0 Å². The van der Waals surface area contributed by atoms with Crippen molar-refractivity contribution in [3.8, 4) is 0 Å². The topological polar surface area (TPSA) is 3.24 Å². The number of hydrogen-bond donors (Lipinski definition) is 0. The first-order chi connectivity index (χ1) is 4.29. The van der Waals surface area contributed by atoms with E-state index in [0.29, 0.717) is 0 Å². The fraction of sp³-hybridized carbons (Fsp3) is 0.429. The Labute approximate surface area is 78.2 Å². The predicted molar refractivity (Wildman–Crippen MR) is 40.5 cm³/mol. The SMILES string of the molecule is CN(C)Cc1[c-]scc1.[Li+]. The zero-order valence-corrected chi connectivity index (χ0v) is 7.53. The molecule has 1 aromatic rings. The molecular formula is C7H10LiNS. The van der Waals surface area contributed by atoms with Crippen LogP contribution in [0.25, 0.3) is 0 Å². The summed E-state index contributed by atoms with van der Waals surface area (Å²) in [6.07, 6.45) is 0. The molecule has 0 unspecified atom stereocenters. The summed E-state index contributed by atoms with van der Waals surface area (Å²) in [5.74, 6) is 0. The molecule has 1 nitrogen and oxygen atoms in total. The maximum absolute atomic E-state index is 3.17. The van der Waals surface area contributed by atoms with Gasteiger partial charge in [-0.3, -0.25) is 0 Å². The van der Waals surface area contributed by atoms with E-state index >= 15 is 0 Å². The first kappa shape index (κ1) is 10.3. The van der Waals surface area contributed by atoms with E-state index in [0.717, 1.165) is 6.54 Å². The molecule has 0 aliphatic carbocycles. The molecule has 0 atom stereocenters. The third kappa shape index (κ3) is 3.43. The van der Waals surface area contributed by atoms with Crippen LogP contribution in [0.1, 0.15) is 5.56 Å². The van der Waals surface area contributed by atoms with Crippen LogP contribution in [-0.4, -0.2) is 19.0 Å². The van der Waals surface area contributed by atoms with Crippen LogP contribution in [0.15, 0.2) is 11.4 Å². The monoisotopic (exact) mass is 147 g/mol. The van der Waals surface area contributed by atoms with Crippen molar-refractivity contribution in [3.63, 3.8) is 0 Å². The average Bonchev–Trinajstić information content (AvgIpc) is 2.15. The molecule has 0 radical (unpaired) electrons. The van der Waals surface area contributed by atoms with Crippen LogP contribution >= 0.6 is 11.3 Å². The summed E-state index contributed by atoms with van der Waals surface area (Å²) in [4.78, 5) is 2.14. The minimum absolute atomic E-state index is 0. The standard InChI is InChI=1S/C7H10NS.Li/c1-8(2)5-7-3-4-9-6-7;/h3-4H,5H2,1-2H3;/q-1;+1. The molecule has 0 fully saturated rings. The summed E-state index contributed by atoms with van der Waals surface area (Å²) in [5.41, 5.74) is 1.28. The third-order valence-corrected chi connectivity index (χ3v) is 1.67. The predicted octanol–water partition coefficient (Wildman–Crippen LogP) is -1.39. The largest absolute Gasteiger partial charge is 1.00 e. The molecule has 1 rings (SSSR count). The van der Waals surface area contributed by atoms with Gasteiger partial charge in [0.05, 0.1) is 0 Å². The summed E-state index contributed by atoms with van der Waals surface area (Å²) < 4.78 is 0. The van der Waals surface area contributed by atoms with Crippen molar-refractivity contribution in [1.82, 2.24) is 4.90 Å². The summed E-state index contributed by atoms with van der Waals surface area (Å²) in [5, 5.41) is 5.22. The molecule has 0 bridgehead atoms. The summed E-state index contributed by atoms with van der Waals surface area (Å²) >= 11 is 1.63. The van der Waals surface area contributed by atoms with E-state index < -0.39 is 0 Å². The second kappa shape index (κ2) is 4.98. The van der Waals surface area contributed by atoms with Crippen molar-refractivity contribution in [2.45, 2.75) is 6.54 Å². The van der Waals surface area contributed by atoms with Crippen LogP contribution in [0.2, 0.25) is 0 Å².